The van der Waals surface area contributed by atoms with Crippen molar-refractivity contribution in [1.29, 1.82) is 0 Å². The molecular weight excluding hydrogens is 351 g/mol. The third-order valence-corrected chi connectivity index (χ3v) is 3.50. The van der Waals surface area contributed by atoms with Crippen molar-refractivity contribution in [3.63, 3.8) is 0 Å². The Morgan fingerprint density at radius 3 is 2.31 bits per heavy atom. The Bertz CT molecular complexity index is 805. The molecule has 26 heavy (non-hydrogen) atoms. The Kier molecular flexibility index (Phi) is 5.86. The molecule has 2 aromatic rings. The molecule has 0 aromatic heterocycles. The van der Waals surface area contributed by atoms with Gasteiger partial charge in [-0.05, 0) is 42.8 Å². The lowest BCUT2D eigenvalue weighted by atomic mass is 10.1. The normalized spacial score (nSPS) is 12.3. The number of nitrogens with one attached hydrogen (secondary N) is 1. The number of alkyl halides is 3. The van der Waals surface area contributed by atoms with Gasteiger partial charge < -0.3 is 15.2 Å². The molecule has 0 radical (unpaired) electrons. The predicted molar refractivity (Wildman–Crippen MR) is 87.1 cm³/mol. The van der Waals surface area contributed by atoms with Crippen LogP contribution in [0.2, 0.25) is 0 Å². The number of benzene rings is 2. The fourth-order valence-corrected chi connectivity index (χ4v) is 2.15. The van der Waals surface area contributed by atoms with Crippen molar-refractivity contribution in [2.45, 2.75) is 25.6 Å². The van der Waals surface area contributed by atoms with Gasteiger partial charge in [-0.2, -0.15) is 13.2 Å². The first-order valence-electron chi connectivity index (χ1n) is 7.69. The monoisotopic (exact) mass is 367 g/mol. The number of ether oxygens (including phenoxy) is 1. The Labute approximate surface area is 147 Å². The zero-order chi connectivity index (χ0) is 19.3. The van der Waals surface area contributed by atoms with Crippen LogP contribution in [0.3, 0.4) is 0 Å². The van der Waals surface area contributed by atoms with Crippen molar-refractivity contribution < 1.29 is 32.6 Å². The summed E-state index contributed by atoms with van der Waals surface area (Å²) in [4.78, 5) is 23.1. The molecule has 2 rings (SSSR count). The smallest absolute Gasteiger partial charge is 0.416 e. The van der Waals surface area contributed by atoms with Gasteiger partial charge in [0.25, 0.3) is 5.91 Å². The molecule has 0 heterocycles. The molecule has 1 atom stereocenters. The van der Waals surface area contributed by atoms with E-state index in [-0.39, 0.29) is 23.5 Å². The SMILES string of the molecule is CCC(NC(=O)c1cccc(Oc2cccc(C(F)(F)F)c2)c1)C(=O)O. The summed E-state index contributed by atoms with van der Waals surface area (Å²) in [5.41, 5.74) is -0.717. The fourth-order valence-electron chi connectivity index (χ4n) is 2.15. The third kappa shape index (κ3) is 4.98. The van der Waals surface area contributed by atoms with Gasteiger partial charge in [0.15, 0.2) is 0 Å². The average molecular weight is 367 g/mol. The van der Waals surface area contributed by atoms with Gasteiger partial charge in [-0.15, -0.1) is 0 Å². The summed E-state index contributed by atoms with van der Waals surface area (Å²) in [7, 11) is 0. The lowest BCUT2D eigenvalue weighted by Crippen LogP contribution is -2.40. The van der Waals surface area contributed by atoms with E-state index in [0.717, 1.165) is 12.1 Å². The van der Waals surface area contributed by atoms with E-state index >= 15 is 0 Å². The van der Waals surface area contributed by atoms with Crippen LogP contribution in [-0.4, -0.2) is 23.0 Å². The number of halogens is 3. The second-order valence-corrected chi connectivity index (χ2v) is 5.43. The minimum Gasteiger partial charge on any atom is -0.480 e. The van der Waals surface area contributed by atoms with Crippen LogP contribution in [0.1, 0.15) is 29.3 Å². The highest BCUT2D eigenvalue weighted by atomic mass is 19.4. The molecule has 2 aromatic carbocycles. The van der Waals surface area contributed by atoms with Crippen LogP contribution in [0.4, 0.5) is 13.2 Å². The summed E-state index contributed by atoms with van der Waals surface area (Å²) in [5, 5.41) is 11.3. The first kappa shape index (κ1) is 19.3. The number of hydrogen-bond acceptors (Lipinski definition) is 3. The molecule has 1 amide bonds. The first-order chi connectivity index (χ1) is 12.2. The minimum atomic E-state index is -4.49. The second kappa shape index (κ2) is 7.90. The molecule has 1 unspecified atom stereocenters. The summed E-state index contributed by atoms with van der Waals surface area (Å²) >= 11 is 0. The number of aliphatic carboxylic acids is 1. The van der Waals surface area contributed by atoms with Gasteiger partial charge in [0.1, 0.15) is 17.5 Å². The van der Waals surface area contributed by atoms with Crippen LogP contribution in [0.5, 0.6) is 11.5 Å². The highest BCUT2D eigenvalue weighted by Crippen LogP contribution is 2.32. The van der Waals surface area contributed by atoms with E-state index in [1.165, 1.54) is 36.4 Å². The molecule has 0 saturated carbocycles. The molecule has 0 aliphatic carbocycles. The summed E-state index contributed by atoms with van der Waals surface area (Å²) in [6, 6.07) is 9.05. The van der Waals surface area contributed by atoms with E-state index < -0.39 is 29.7 Å². The molecule has 0 aliphatic rings. The van der Waals surface area contributed by atoms with E-state index in [0.29, 0.717) is 0 Å². The van der Waals surface area contributed by atoms with E-state index in [2.05, 4.69) is 5.32 Å². The summed E-state index contributed by atoms with van der Waals surface area (Å²) < 4.78 is 43.6. The maximum atomic E-state index is 12.7. The number of amides is 1. The molecule has 0 bridgehead atoms. The topological polar surface area (TPSA) is 75.6 Å². The average Bonchev–Trinajstić information content (AvgIpc) is 2.59. The highest BCUT2D eigenvalue weighted by Gasteiger charge is 2.30. The van der Waals surface area contributed by atoms with Crippen molar-refractivity contribution in [3.8, 4) is 11.5 Å². The van der Waals surface area contributed by atoms with Crippen molar-refractivity contribution in [1.82, 2.24) is 5.32 Å². The number of rotatable bonds is 6. The van der Waals surface area contributed by atoms with Crippen LogP contribution >= 0.6 is 0 Å². The predicted octanol–water partition coefficient (Wildman–Crippen LogP) is 4.09. The number of carbonyl (C=O) groups excluding carboxylic acids is 1. The van der Waals surface area contributed by atoms with Gasteiger partial charge in [-0.25, -0.2) is 4.79 Å². The first-order valence-corrected chi connectivity index (χ1v) is 7.69. The Balaban J connectivity index is 2.17. The van der Waals surface area contributed by atoms with Crippen LogP contribution in [-0.2, 0) is 11.0 Å². The quantitative estimate of drug-likeness (QED) is 0.806. The largest absolute Gasteiger partial charge is 0.480 e. The molecule has 0 fully saturated rings. The van der Waals surface area contributed by atoms with E-state index in [1.807, 2.05) is 0 Å². The summed E-state index contributed by atoms with van der Waals surface area (Å²) in [6.07, 6.45) is -4.28. The zero-order valence-electron chi connectivity index (χ0n) is 13.7. The van der Waals surface area contributed by atoms with E-state index in [1.54, 1.807) is 6.92 Å². The molecule has 138 valence electrons. The second-order valence-electron chi connectivity index (χ2n) is 5.43. The van der Waals surface area contributed by atoms with Crippen molar-refractivity contribution in [2.75, 3.05) is 0 Å². The number of carbonyl (C=O) groups is 2. The molecule has 2 N–H and O–H groups in total. The Hall–Kier alpha value is -3.03. The van der Waals surface area contributed by atoms with Gasteiger partial charge in [-0.3, -0.25) is 4.79 Å². The number of carboxylic acid groups (broad SMARTS) is 1. The standard InChI is InChI=1S/C18H16F3NO4/c1-2-15(17(24)25)22-16(23)11-5-3-7-13(9-11)26-14-8-4-6-12(10-14)18(19,20)21/h3-10,15H,2H2,1H3,(H,22,23)(H,24,25). The van der Waals surface area contributed by atoms with Crippen LogP contribution < -0.4 is 10.1 Å². The fraction of sp³-hybridized carbons (Fsp3) is 0.222. The number of carboxylic acids is 1. The Morgan fingerprint density at radius 1 is 1.12 bits per heavy atom. The molecule has 5 nitrogen and oxygen atoms in total. The molecule has 0 aliphatic heterocycles. The van der Waals surface area contributed by atoms with Gasteiger partial charge in [0, 0.05) is 5.56 Å². The van der Waals surface area contributed by atoms with Crippen molar-refractivity contribution in [2.24, 2.45) is 0 Å². The van der Waals surface area contributed by atoms with Gasteiger partial charge in [0.05, 0.1) is 5.56 Å². The maximum Gasteiger partial charge on any atom is 0.416 e. The van der Waals surface area contributed by atoms with Gasteiger partial charge in [-0.1, -0.05) is 19.1 Å². The van der Waals surface area contributed by atoms with Crippen molar-refractivity contribution in [3.05, 3.63) is 59.7 Å². The van der Waals surface area contributed by atoms with Crippen LogP contribution in [0.25, 0.3) is 0 Å². The van der Waals surface area contributed by atoms with Crippen molar-refractivity contribution >= 4 is 11.9 Å². The summed E-state index contributed by atoms with van der Waals surface area (Å²) in [5.74, 6) is -1.65. The van der Waals surface area contributed by atoms with Gasteiger partial charge >= 0.3 is 12.1 Å². The highest BCUT2D eigenvalue weighted by molar-refractivity contribution is 5.96. The molecule has 0 saturated heterocycles. The maximum absolute atomic E-state index is 12.7. The number of hydrogen-bond donors (Lipinski definition) is 2. The third-order valence-electron chi connectivity index (χ3n) is 3.50. The molecular formula is C18H16F3NO4. The van der Waals surface area contributed by atoms with E-state index in [4.69, 9.17) is 9.84 Å². The zero-order valence-corrected chi connectivity index (χ0v) is 13.7. The van der Waals surface area contributed by atoms with Crippen LogP contribution in [0, 0.1) is 0 Å². The lowest BCUT2D eigenvalue weighted by Gasteiger charge is -2.13. The minimum absolute atomic E-state index is 0.0330. The summed E-state index contributed by atoms with van der Waals surface area (Å²) in [6.45, 7) is 1.62. The Morgan fingerprint density at radius 2 is 1.73 bits per heavy atom. The lowest BCUT2D eigenvalue weighted by molar-refractivity contribution is -0.139. The molecule has 8 heteroatoms. The van der Waals surface area contributed by atoms with Gasteiger partial charge in [0.2, 0.25) is 0 Å². The molecule has 0 spiro atoms. The van der Waals surface area contributed by atoms with E-state index in [9.17, 15) is 22.8 Å². The van der Waals surface area contributed by atoms with Crippen LogP contribution in [0.15, 0.2) is 48.5 Å².